The molecule has 3 aromatic heterocycles. The van der Waals surface area contributed by atoms with Crippen LogP contribution in [0.5, 0.6) is 0 Å². The Bertz CT molecular complexity index is 989. The number of aryl methyl sites for hydroxylation is 1. The van der Waals surface area contributed by atoms with Gasteiger partial charge in [-0.05, 0) is 49.6 Å². The second-order valence-electron chi connectivity index (χ2n) is 5.51. The fourth-order valence-corrected chi connectivity index (χ4v) is 3.57. The van der Waals surface area contributed by atoms with E-state index in [1.807, 2.05) is 19.1 Å². The molecule has 3 rings (SSSR count). The molecule has 0 aromatic carbocycles. The smallest absolute Gasteiger partial charge is 0.341 e. The Labute approximate surface area is 169 Å². The Morgan fingerprint density at radius 1 is 1.36 bits per heavy atom. The molecule has 0 spiro atoms. The normalized spacial score (nSPS) is 11.1. The second kappa shape index (κ2) is 9.38. The number of thioether (sulfide) groups is 1. The average Bonchev–Trinajstić information content (AvgIpc) is 3.39. The molecule has 8 nitrogen and oxygen atoms in total. The molecule has 1 amide bonds. The highest BCUT2D eigenvalue weighted by Gasteiger charge is 2.16. The quantitative estimate of drug-likeness (QED) is 0.422. The lowest BCUT2D eigenvalue weighted by Crippen LogP contribution is -2.16. The third-order valence-electron chi connectivity index (χ3n) is 3.39. The van der Waals surface area contributed by atoms with Crippen molar-refractivity contribution in [3.63, 3.8) is 0 Å². The van der Waals surface area contributed by atoms with Crippen molar-refractivity contribution in [2.45, 2.75) is 19.0 Å². The predicted molar refractivity (Wildman–Crippen MR) is 108 cm³/mol. The van der Waals surface area contributed by atoms with Crippen LogP contribution in [0.25, 0.3) is 12.2 Å². The van der Waals surface area contributed by atoms with Crippen LogP contribution in [-0.4, -0.2) is 39.4 Å². The van der Waals surface area contributed by atoms with Crippen LogP contribution < -0.4 is 5.32 Å². The number of amides is 1. The Hall–Kier alpha value is -2.85. The zero-order chi connectivity index (χ0) is 19.9. The summed E-state index contributed by atoms with van der Waals surface area (Å²) in [5.74, 6) is 1.50. The summed E-state index contributed by atoms with van der Waals surface area (Å²) in [4.78, 5) is 28.3. The monoisotopic (exact) mass is 418 g/mol. The zero-order valence-corrected chi connectivity index (χ0v) is 16.9. The van der Waals surface area contributed by atoms with Gasteiger partial charge < -0.3 is 14.5 Å². The third kappa shape index (κ3) is 5.33. The van der Waals surface area contributed by atoms with Crippen molar-refractivity contribution in [3.8, 4) is 0 Å². The van der Waals surface area contributed by atoms with Crippen LogP contribution in [0, 0.1) is 6.92 Å². The first-order valence-electron chi connectivity index (χ1n) is 8.39. The maximum absolute atomic E-state index is 12.2. The molecule has 28 heavy (non-hydrogen) atoms. The largest absolute Gasteiger partial charge is 0.462 e. The van der Waals surface area contributed by atoms with E-state index in [4.69, 9.17) is 9.15 Å². The fourth-order valence-electron chi connectivity index (χ4n) is 2.17. The van der Waals surface area contributed by atoms with Gasteiger partial charge in [0, 0.05) is 0 Å². The molecular formula is C18H18N4O4S2. The third-order valence-corrected chi connectivity index (χ3v) is 5.07. The van der Waals surface area contributed by atoms with Gasteiger partial charge in [0.15, 0.2) is 0 Å². The molecule has 2 N–H and O–H groups in total. The highest BCUT2D eigenvalue weighted by molar-refractivity contribution is 7.99. The lowest BCUT2D eigenvalue weighted by Gasteiger charge is -2.05. The van der Waals surface area contributed by atoms with Crippen LogP contribution >= 0.6 is 23.1 Å². The van der Waals surface area contributed by atoms with Crippen LogP contribution in [0.15, 0.2) is 33.2 Å². The van der Waals surface area contributed by atoms with Gasteiger partial charge in [-0.15, -0.1) is 16.4 Å². The number of thiophene rings is 1. The van der Waals surface area contributed by atoms with Crippen molar-refractivity contribution < 1.29 is 18.7 Å². The molecule has 0 saturated heterocycles. The minimum absolute atomic E-state index is 0.110. The number of rotatable bonds is 8. The molecule has 0 aliphatic carbocycles. The summed E-state index contributed by atoms with van der Waals surface area (Å²) in [5.41, 5.74) is 0.351. The summed E-state index contributed by atoms with van der Waals surface area (Å²) in [6, 6.07) is 5.36. The molecule has 0 fully saturated rings. The number of ether oxygens (including phenoxy) is 1. The molecular weight excluding hydrogens is 400 g/mol. The molecule has 0 unspecified atom stereocenters. The average molecular weight is 419 g/mol. The highest BCUT2D eigenvalue weighted by atomic mass is 32.2. The fraction of sp³-hybridized carbons (Fsp3) is 0.222. The van der Waals surface area contributed by atoms with Crippen LogP contribution in [0.2, 0.25) is 0 Å². The van der Waals surface area contributed by atoms with E-state index in [9.17, 15) is 9.59 Å². The first-order valence-corrected chi connectivity index (χ1v) is 10.3. The minimum atomic E-state index is -0.455. The van der Waals surface area contributed by atoms with Gasteiger partial charge in [-0.3, -0.25) is 9.89 Å². The Balaban J connectivity index is 1.52. The van der Waals surface area contributed by atoms with Gasteiger partial charge in [-0.2, -0.15) is 0 Å². The summed E-state index contributed by atoms with van der Waals surface area (Å²) in [7, 11) is 0. The van der Waals surface area contributed by atoms with E-state index in [0.29, 0.717) is 21.5 Å². The first-order chi connectivity index (χ1) is 13.5. The predicted octanol–water partition coefficient (Wildman–Crippen LogP) is 3.85. The zero-order valence-electron chi connectivity index (χ0n) is 15.2. The highest BCUT2D eigenvalue weighted by Crippen LogP contribution is 2.24. The second-order valence-corrected chi connectivity index (χ2v) is 7.36. The Morgan fingerprint density at radius 2 is 2.21 bits per heavy atom. The summed E-state index contributed by atoms with van der Waals surface area (Å²) in [6.07, 6.45) is 3.52. The number of esters is 1. The topological polar surface area (TPSA) is 110 Å². The number of nitrogens with zero attached hydrogens (tertiary/aromatic N) is 2. The van der Waals surface area contributed by atoms with Crippen molar-refractivity contribution in [2.75, 3.05) is 17.7 Å². The molecule has 0 aliphatic heterocycles. The van der Waals surface area contributed by atoms with E-state index < -0.39 is 5.97 Å². The molecule has 3 aromatic rings. The van der Waals surface area contributed by atoms with E-state index in [1.54, 1.807) is 30.5 Å². The maximum atomic E-state index is 12.2. The maximum Gasteiger partial charge on any atom is 0.341 e. The van der Waals surface area contributed by atoms with Crippen LogP contribution in [0.3, 0.4) is 0 Å². The minimum Gasteiger partial charge on any atom is -0.462 e. The standard InChI is InChI=1S/C18H18N4O4S2/c1-3-25-17(24)13-8-9-27-16(13)20-15(23)10-28-18-19-14(21-22-18)7-6-12-5-4-11(2)26-12/h4-9H,3,10H2,1-2H3,(H,20,23)(H,19,21,22)/b7-6+. The molecule has 0 aliphatic rings. The summed E-state index contributed by atoms with van der Waals surface area (Å²) < 4.78 is 10.4. The van der Waals surface area contributed by atoms with Gasteiger partial charge in [-0.25, -0.2) is 9.78 Å². The molecule has 0 radical (unpaired) electrons. The van der Waals surface area contributed by atoms with Gasteiger partial charge in [0.05, 0.1) is 17.9 Å². The number of aromatic amines is 1. The number of H-pyrrole nitrogens is 1. The number of nitrogens with one attached hydrogen (secondary N) is 2. The van der Waals surface area contributed by atoms with Gasteiger partial charge >= 0.3 is 5.97 Å². The van der Waals surface area contributed by atoms with E-state index in [1.165, 1.54) is 23.1 Å². The van der Waals surface area contributed by atoms with Gasteiger partial charge in [0.2, 0.25) is 11.1 Å². The van der Waals surface area contributed by atoms with Crippen molar-refractivity contribution in [1.29, 1.82) is 0 Å². The van der Waals surface area contributed by atoms with Crippen molar-refractivity contribution in [2.24, 2.45) is 0 Å². The Kier molecular flexibility index (Phi) is 6.66. The number of aromatic nitrogens is 3. The number of furan rings is 1. The number of hydrogen-bond acceptors (Lipinski definition) is 8. The number of carbonyl (C=O) groups is 2. The van der Waals surface area contributed by atoms with E-state index in [-0.39, 0.29) is 18.3 Å². The number of hydrogen-bond donors (Lipinski definition) is 2. The lowest BCUT2D eigenvalue weighted by atomic mass is 10.3. The van der Waals surface area contributed by atoms with Crippen molar-refractivity contribution in [3.05, 3.63) is 46.5 Å². The molecule has 0 atom stereocenters. The van der Waals surface area contributed by atoms with Crippen molar-refractivity contribution in [1.82, 2.24) is 15.2 Å². The number of anilines is 1. The summed E-state index contributed by atoms with van der Waals surface area (Å²) in [6.45, 7) is 3.88. The van der Waals surface area contributed by atoms with Gasteiger partial charge in [0.25, 0.3) is 0 Å². The molecule has 0 saturated carbocycles. The SMILES string of the molecule is CCOC(=O)c1ccsc1NC(=O)CSc1n[nH]c(/C=C/c2ccc(C)o2)n1. The Morgan fingerprint density at radius 3 is 2.96 bits per heavy atom. The van der Waals surface area contributed by atoms with Crippen molar-refractivity contribution >= 4 is 52.1 Å². The molecule has 3 heterocycles. The van der Waals surface area contributed by atoms with E-state index >= 15 is 0 Å². The first kappa shape index (κ1) is 19.9. The lowest BCUT2D eigenvalue weighted by molar-refractivity contribution is -0.113. The van der Waals surface area contributed by atoms with Gasteiger partial charge in [-0.1, -0.05) is 11.8 Å². The summed E-state index contributed by atoms with van der Waals surface area (Å²) in [5, 5.41) is 12.2. The summed E-state index contributed by atoms with van der Waals surface area (Å²) >= 11 is 2.45. The van der Waals surface area contributed by atoms with Crippen LogP contribution in [0.4, 0.5) is 5.00 Å². The number of carbonyl (C=O) groups excluding carboxylic acids is 2. The van der Waals surface area contributed by atoms with Crippen LogP contribution in [-0.2, 0) is 9.53 Å². The van der Waals surface area contributed by atoms with E-state index in [0.717, 1.165) is 11.5 Å². The van der Waals surface area contributed by atoms with E-state index in [2.05, 4.69) is 20.5 Å². The van der Waals surface area contributed by atoms with Crippen LogP contribution in [0.1, 0.15) is 34.6 Å². The molecule has 0 bridgehead atoms. The molecule has 146 valence electrons. The molecule has 10 heteroatoms. The van der Waals surface area contributed by atoms with Gasteiger partial charge in [0.1, 0.15) is 22.3 Å².